The number of hydrogen-bond acceptors (Lipinski definition) is 4. The molecule has 0 aromatic carbocycles. The van der Waals surface area contributed by atoms with Gasteiger partial charge in [0.05, 0.1) is 12.7 Å². The van der Waals surface area contributed by atoms with Gasteiger partial charge >= 0.3 is 5.97 Å². The maximum absolute atomic E-state index is 11.0. The molecular weight excluding hydrogens is 186 g/mol. The van der Waals surface area contributed by atoms with Crippen LogP contribution in [0.1, 0.15) is 13.8 Å². The third-order valence-corrected chi connectivity index (χ3v) is 1.93. The molecule has 0 aliphatic carbocycles. The number of aliphatic hydroxyl groups excluding tert-OH is 1. The number of amides is 1. The molecule has 0 aromatic heterocycles. The maximum Gasteiger partial charge on any atom is 0.332 e. The van der Waals surface area contributed by atoms with Crippen molar-refractivity contribution in [3.63, 3.8) is 0 Å². The van der Waals surface area contributed by atoms with Crippen molar-refractivity contribution in [2.24, 2.45) is 5.92 Å². The summed E-state index contributed by atoms with van der Waals surface area (Å²) in [6.07, 6.45) is 0.409. The van der Waals surface area contributed by atoms with Gasteiger partial charge in [0, 0.05) is 11.8 Å². The van der Waals surface area contributed by atoms with Gasteiger partial charge in [0.15, 0.2) is 0 Å². The molecule has 0 saturated carbocycles. The molecular formula is C9H13NO4. The first kappa shape index (κ1) is 10.7. The van der Waals surface area contributed by atoms with Gasteiger partial charge in [0.2, 0.25) is 5.91 Å². The van der Waals surface area contributed by atoms with E-state index in [0.717, 1.165) is 0 Å². The molecule has 2 unspecified atom stereocenters. The largest absolute Gasteiger partial charge is 0.463 e. The second kappa shape index (κ2) is 4.23. The number of esters is 1. The molecule has 1 aliphatic rings. The van der Waals surface area contributed by atoms with Crippen LogP contribution in [0.15, 0.2) is 11.8 Å². The van der Waals surface area contributed by atoms with Gasteiger partial charge in [0.1, 0.15) is 5.92 Å². The molecule has 14 heavy (non-hydrogen) atoms. The lowest BCUT2D eigenvalue weighted by atomic mass is 9.91. The summed E-state index contributed by atoms with van der Waals surface area (Å²) in [5.74, 6) is -1.39. The average molecular weight is 199 g/mol. The van der Waals surface area contributed by atoms with E-state index in [-0.39, 0.29) is 12.5 Å². The molecule has 1 aliphatic heterocycles. The Balaban J connectivity index is 2.62. The van der Waals surface area contributed by atoms with Crippen LogP contribution in [0.4, 0.5) is 0 Å². The lowest BCUT2D eigenvalue weighted by molar-refractivity contribution is -0.137. The lowest BCUT2D eigenvalue weighted by Gasteiger charge is -2.31. The van der Waals surface area contributed by atoms with E-state index in [1.807, 2.05) is 0 Å². The van der Waals surface area contributed by atoms with Crippen LogP contribution in [0.2, 0.25) is 0 Å². The summed E-state index contributed by atoms with van der Waals surface area (Å²) in [5.41, 5.74) is 0.420. The van der Waals surface area contributed by atoms with Crippen LogP contribution in [0, 0.1) is 5.92 Å². The minimum absolute atomic E-state index is 0.268. The molecule has 5 nitrogen and oxygen atoms in total. The maximum atomic E-state index is 11.0. The second-order valence-electron chi connectivity index (χ2n) is 3.06. The van der Waals surface area contributed by atoms with Gasteiger partial charge in [-0.2, -0.15) is 0 Å². The van der Waals surface area contributed by atoms with E-state index in [9.17, 15) is 14.7 Å². The van der Waals surface area contributed by atoms with E-state index >= 15 is 0 Å². The molecule has 2 N–H and O–H groups in total. The normalized spacial score (nSPS) is 25.2. The fourth-order valence-corrected chi connectivity index (χ4v) is 1.28. The van der Waals surface area contributed by atoms with Crippen LogP contribution in [0.5, 0.6) is 0 Å². The highest BCUT2D eigenvalue weighted by Crippen LogP contribution is 2.22. The molecule has 2 atom stereocenters. The Kier molecular flexibility index (Phi) is 3.24. The summed E-state index contributed by atoms with van der Waals surface area (Å²) >= 11 is 0. The summed E-state index contributed by atoms with van der Waals surface area (Å²) in [5, 5.41) is 11.6. The molecule has 0 spiro atoms. The van der Waals surface area contributed by atoms with Crippen LogP contribution in [0.25, 0.3) is 0 Å². The third-order valence-electron chi connectivity index (χ3n) is 1.93. The number of rotatable bonds is 3. The predicted molar refractivity (Wildman–Crippen MR) is 48.0 cm³/mol. The minimum atomic E-state index is -0.788. The van der Waals surface area contributed by atoms with Crippen molar-refractivity contribution >= 4 is 11.9 Å². The Hall–Kier alpha value is -1.36. The van der Waals surface area contributed by atoms with E-state index in [2.05, 4.69) is 10.1 Å². The van der Waals surface area contributed by atoms with Crippen molar-refractivity contribution in [2.45, 2.75) is 20.0 Å². The summed E-state index contributed by atoms with van der Waals surface area (Å²) in [4.78, 5) is 21.9. The smallest absolute Gasteiger partial charge is 0.332 e. The Morgan fingerprint density at radius 1 is 1.79 bits per heavy atom. The van der Waals surface area contributed by atoms with Crippen molar-refractivity contribution in [2.75, 3.05) is 6.61 Å². The minimum Gasteiger partial charge on any atom is -0.463 e. The van der Waals surface area contributed by atoms with E-state index in [1.54, 1.807) is 6.92 Å². The Bertz CT molecular complexity index is 283. The molecule has 1 fully saturated rings. The number of carbonyl (C=O) groups excluding carboxylic acids is 2. The monoisotopic (exact) mass is 199 g/mol. The fraction of sp³-hybridized carbons (Fsp3) is 0.556. The predicted octanol–water partition coefficient (Wildman–Crippen LogP) is -0.440. The summed E-state index contributed by atoms with van der Waals surface area (Å²) in [6, 6.07) is 0. The van der Waals surface area contributed by atoms with Crippen LogP contribution < -0.4 is 5.32 Å². The van der Waals surface area contributed by atoms with Gasteiger partial charge in [-0.3, -0.25) is 4.79 Å². The zero-order valence-electron chi connectivity index (χ0n) is 8.11. The Labute approximate surface area is 81.7 Å². The van der Waals surface area contributed by atoms with Gasteiger partial charge in [-0.1, -0.05) is 0 Å². The molecule has 5 heteroatoms. The molecule has 0 bridgehead atoms. The first-order chi connectivity index (χ1) is 6.56. The molecule has 0 radical (unpaired) electrons. The van der Waals surface area contributed by atoms with Gasteiger partial charge in [-0.25, -0.2) is 4.79 Å². The van der Waals surface area contributed by atoms with Crippen LogP contribution in [-0.2, 0) is 14.3 Å². The average Bonchev–Trinajstić information content (AvgIpc) is 2.01. The second-order valence-corrected chi connectivity index (χ2v) is 3.06. The zero-order valence-corrected chi connectivity index (χ0v) is 8.11. The van der Waals surface area contributed by atoms with Gasteiger partial charge in [-0.15, -0.1) is 0 Å². The third kappa shape index (κ3) is 2.11. The summed E-state index contributed by atoms with van der Waals surface area (Å²) < 4.78 is 4.66. The highest BCUT2D eigenvalue weighted by atomic mass is 16.5. The first-order valence-electron chi connectivity index (χ1n) is 4.43. The Morgan fingerprint density at radius 3 is 2.86 bits per heavy atom. The van der Waals surface area contributed by atoms with Crippen LogP contribution in [0.3, 0.4) is 0 Å². The van der Waals surface area contributed by atoms with Crippen LogP contribution in [-0.4, -0.2) is 29.7 Å². The van der Waals surface area contributed by atoms with Crippen molar-refractivity contribution < 1.29 is 19.4 Å². The van der Waals surface area contributed by atoms with Crippen molar-refractivity contribution in [3.05, 3.63) is 11.8 Å². The lowest BCUT2D eigenvalue weighted by Crippen LogP contribution is -2.51. The van der Waals surface area contributed by atoms with Crippen molar-refractivity contribution in [1.29, 1.82) is 0 Å². The SMILES string of the molecule is CCOC(=O)C=C1NC(=O)C1C(C)O. The molecule has 1 heterocycles. The fourth-order valence-electron chi connectivity index (χ4n) is 1.28. The van der Waals surface area contributed by atoms with Gasteiger partial charge in [-0.05, 0) is 13.8 Å². The number of β-lactam (4-membered cyclic amide) rings is 1. The number of aliphatic hydroxyl groups is 1. The molecule has 1 amide bonds. The topological polar surface area (TPSA) is 75.6 Å². The van der Waals surface area contributed by atoms with E-state index < -0.39 is 18.0 Å². The van der Waals surface area contributed by atoms with Crippen molar-refractivity contribution in [3.8, 4) is 0 Å². The number of hydrogen-bond donors (Lipinski definition) is 2. The summed E-state index contributed by atoms with van der Waals surface area (Å²) in [6.45, 7) is 3.49. The van der Waals surface area contributed by atoms with Gasteiger partial charge < -0.3 is 15.2 Å². The van der Waals surface area contributed by atoms with E-state index in [0.29, 0.717) is 5.70 Å². The van der Waals surface area contributed by atoms with Crippen molar-refractivity contribution in [1.82, 2.24) is 5.32 Å². The van der Waals surface area contributed by atoms with E-state index in [4.69, 9.17) is 0 Å². The summed E-state index contributed by atoms with van der Waals surface area (Å²) in [7, 11) is 0. The highest BCUT2D eigenvalue weighted by Gasteiger charge is 2.38. The Morgan fingerprint density at radius 2 is 2.43 bits per heavy atom. The van der Waals surface area contributed by atoms with Crippen LogP contribution >= 0.6 is 0 Å². The number of ether oxygens (including phenoxy) is 1. The highest BCUT2D eigenvalue weighted by molar-refractivity contribution is 5.95. The standard InChI is InChI=1S/C9H13NO4/c1-3-14-7(12)4-6-8(5(2)11)9(13)10-6/h4-5,8,11H,3H2,1-2H3,(H,10,13). The molecule has 1 rings (SSSR count). The zero-order chi connectivity index (χ0) is 10.7. The quantitative estimate of drug-likeness (QED) is 0.367. The molecule has 0 aromatic rings. The first-order valence-corrected chi connectivity index (χ1v) is 4.43. The number of nitrogens with one attached hydrogen (secondary N) is 1. The molecule has 78 valence electrons. The van der Waals surface area contributed by atoms with E-state index in [1.165, 1.54) is 13.0 Å². The number of carbonyl (C=O) groups is 2. The molecule has 1 saturated heterocycles. The van der Waals surface area contributed by atoms with Gasteiger partial charge in [0.25, 0.3) is 0 Å².